The molecule has 7 heteroatoms. The summed E-state index contributed by atoms with van der Waals surface area (Å²) in [4.78, 5) is 22.4. The van der Waals surface area contributed by atoms with Crippen LogP contribution in [-0.2, 0) is 4.79 Å². The Morgan fingerprint density at radius 3 is 2.75 bits per heavy atom. The molecule has 1 N–H and O–H groups in total. The number of carbonyl (C=O) groups is 1. The zero-order valence-electron chi connectivity index (χ0n) is 10.7. The van der Waals surface area contributed by atoms with Gasteiger partial charge >= 0.3 is 0 Å². The Labute approximate surface area is 124 Å². The first-order valence-electron chi connectivity index (χ1n) is 6.04. The number of nitrogens with zero attached hydrogens (tertiary/aromatic N) is 2. The van der Waals surface area contributed by atoms with Crippen molar-refractivity contribution in [1.82, 2.24) is 0 Å². The number of halogens is 1. The number of nitrogens with one attached hydrogen (secondary N) is 1. The van der Waals surface area contributed by atoms with Gasteiger partial charge in [0.25, 0.3) is 5.69 Å². The first-order chi connectivity index (χ1) is 9.38. The molecule has 0 heterocycles. The highest BCUT2D eigenvalue weighted by Gasteiger charge is 2.49. The van der Waals surface area contributed by atoms with Gasteiger partial charge in [-0.3, -0.25) is 14.9 Å². The maximum Gasteiger partial charge on any atom is 0.285 e. The molecule has 0 spiro atoms. The topological polar surface area (TPSA) is 96.0 Å². The van der Waals surface area contributed by atoms with Gasteiger partial charge in [-0.25, -0.2) is 0 Å². The maximum absolute atomic E-state index is 12.1. The second-order valence-electron chi connectivity index (χ2n) is 5.08. The molecule has 0 aliphatic heterocycles. The summed E-state index contributed by atoms with van der Waals surface area (Å²) < 4.78 is 0.341. The fourth-order valence-corrected chi connectivity index (χ4v) is 2.83. The molecule has 1 aliphatic rings. The fourth-order valence-electron chi connectivity index (χ4n) is 2.44. The molecule has 1 aliphatic carbocycles. The minimum absolute atomic E-state index is 0.129. The lowest BCUT2D eigenvalue weighted by molar-refractivity contribution is -0.385. The highest BCUT2D eigenvalue weighted by Crippen LogP contribution is 2.45. The van der Waals surface area contributed by atoms with Crippen molar-refractivity contribution in [2.45, 2.75) is 19.8 Å². The monoisotopic (exact) mass is 337 g/mol. The van der Waals surface area contributed by atoms with E-state index in [9.17, 15) is 14.9 Å². The van der Waals surface area contributed by atoms with E-state index in [1.54, 1.807) is 6.07 Å². The van der Waals surface area contributed by atoms with Crippen molar-refractivity contribution in [1.29, 1.82) is 5.26 Å². The Kier molecular flexibility index (Phi) is 3.77. The van der Waals surface area contributed by atoms with Gasteiger partial charge in [0.1, 0.15) is 5.41 Å². The van der Waals surface area contributed by atoms with Crippen LogP contribution in [0.3, 0.4) is 0 Å². The van der Waals surface area contributed by atoms with Crippen molar-refractivity contribution < 1.29 is 9.72 Å². The normalized spacial score (nSPS) is 24.4. The number of carbonyl (C=O) groups excluding carboxylic acids is 1. The number of hydrogen-bond donors (Lipinski definition) is 1. The summed E-state index contributed by atoms with van der Waals surface area (Å²) in [5, 5.41) is 22.6. The highest BCUT2D eigenvalue weighted by molar-refractivity contribution is 9.10. The van der Waals surface area contributed by atoms with Gasteiger partial charge in [0.2, 0.25) is 5.91 Å². The lowest BCUT2D eigenvalue weighted by Gasteiger charge is -2.39. The molecule has 0 atom stereocenters. The van der Waals surface area contributed by atoms with Gasteiger partial charge < -0.3 is 5.32 Å². The number of hydrogen-bond acceptors (Lipinski definition) is 4. The number of nitro groups is 1. The van der Waals surface area contributed by atoms with Crippen LogP contribution in [0.5, 0.6) is 0 Å². The SMILES string of the molecule is CC1CC(C#N)(C(=O)Nc2ccc(Br)c([N+](=O)[O-])c2)C1. The average molecular weight is 338 g/mol. The molecule has 0 radical (unpaired) electrons. The summed E-state index contributed by atoms with van der Waals surface area (Å²) in [7, 11) is 0. The predicted octanol–water partition coefficient (Wildman–Crippen LogP) is 3.24. The first-order valence-corrected chi connectivity index (χ1v) is 6.84. The molecule has 6 nitrogen and oxygen atoms in total. The smallest absolute Gasteiger partial charge is 0.285 e. The Hall–Kier alpha value is -1.94. The molecule has 1 fully saturated rings. The number of amides is 1. The third-order valence-electron chi connectivity index (χ3n) is 3.44. The van der Waals surface area contributed by atoms with Crippen molar-refractivity contribution in [2.75, 3.05) is 5.32 Å². The fraction of sp³-hybridized carbons (Fsp3) is 0.385. The van der Waals surface area contributed by atoms with Crippen LogP contribution in [0.15, 0.2) is 22.7 Å². The minimum Gasteiger partial charge on any atom is -0.324 e. The number of benzene rings is 1. The van der Waals surface area contributed by atoms with E-state index in [0.717, 1.165) is 0 Å². The lowest BCUT2D eigenvalue weighted by atomic mass is 9.63. The van der Waals surface area contributed by atoms with E-state index < -0.39 is 16.2 Å². The quantitative estimate of drug-likeness (QED) is 0.676. The van der Waals surface area contributed by atoms with Crippen LogP contribution < -0.4 is 5.32 Å². The number of anilines is 1. The van der Waals surface area contributed by atoms with Crippen molar-refractivity contribution >= 4 is 33.2 Å². The third kappa shape index (κ3) is 2.51. The minimum atomic E-state index is -0.999. The lowest BCUT2D eigenvalue weighted by Crippen LogP contribution is -2.45. The summed E-state index contributed by atoms with van der Waals surface area (Å²) in [6, 6.07) is 6.39. The van der Waals surface area contributed by atoms with E-state index >= 15 is 0 Å². The molecule has 1 aromatic carbocycles. The molecule has 20 heavy (non-hydrogen) atoms. The molecule has 1 amide bonds. The summed E-state index contributed by atoms with van der Waals surface area (Å²) in [5.41, 5.74) is -0.809. The summed E-state index contributed by atoms with van der Waals surface area (Å²) in [6.45, 7) is 1.98. The molecular formula is C13H12BrN3O3. The molecule has 104 valence electrons. The second kappa shape index (κ2) is 5.21. The van der Waals surface area contributed by atoms with Gasteiger partial charge in [-0.05, 0) is 46.8 Å². The van der Waals surface area contributed by atoms with Gasteiger partial charge in [0.05, 0.1) is 15.5 Å². The molecule has 1 saturated carbocycles. The van der Waals surface area contributed by atoms with E-state index in [-0.39, 0.29) is 5.69 Å². The second-order valence-corrected chi connectivity index (χ2v) is 5.94. The zero-order valence-corrected chi connectivity index (χ0v) is 12.3. The zero-order chi connectivity index (χ0) is 14.9. The van der Waals surface area contributed by atoms with Crippen LogP contribution in [0.25, 0.3) is 0 Å². The predicted molar refractivity (Wildman–Crippen MR) is 75.9 cm³/mol. The molecule has 0 unspecified atom stereocenters. The van der Waals surface area contributed by atoms with Gasteiger partial charge in [-0.1, -0.05) is 6.92 Å². The molecule has 2 rings (SSSR count). The van der Waals surface area contributed by atoms with Gasteiger partial charge in [-0.2, -0.15) is 5.26 Å². The van der Waals surface area contributed by atoms with E-state index in [0.29, 0.717) is 28.9 Å². The number of nitro benzene ring substituents is 1. The standard InChI is InChI=1S/C13H12BrN3O3/c1-8-5-13(6-8,7-15)12(18)16-9-2-3-10(14)11(4-9)17(19)20/h2-4,8H,5-6H2,1H3,(H,16,18). The van der Waals surface area contributed by atoms with Crippen LogP contribution in [0.1, 0.15) is 19.8 Å². The van der Waals surface area contributed by atoms with Crippen LogP contribution in [0.2, 0.25) is 0 Å². The van der Waals surface area contributed by atoms with Crippen LogP contribution >= 0.6 is 15.9 Å². The van der Waals surface area contributed by atoms with Crippen LogP contribution in [0, 0.1) is 32.8 Å². The van der Waals surface area contributed by atoms with Gasteiger partial charge in [0, 0.05) is 11.8 Å². The maximum atomic E-state index is 12.1. The molecule has 0 aromatic heterocycles. The Morgan fingerprint density at radius 2 is 2.25 bits per heavy atom. The molecular weight excluding hydrogens is 326 g/mol. The van der Waals surface area contributed by atoms with Crippen molar-refractivity contribution in [3.05, 3.63) is 32.8 Å². The van der Waals surface area contributed by atoms with Gasteiger partial charge in [-0.15, -0.1) is 0 Å². The molecule has 0 saturated heterocycles. The van der Waals surface area contributed by atoms with Crippen LogP contribution in [-0.4, -0.2) is 10.8 Å². The highest BCUT2D eigenvalue weighted by atomic mass is 79.9. The Balaban J connectivity index is 2.19. The summed E-state index contributed by atoms with van der Waals surface area (Å²) >= 11 is 3.08. The molecule has 1 aromatic rings. The third-order valence-corrected chi connectivity index (χ3v) is 4.11. The Morgan fingerprint density at radius 1 is 1.60 bits per heavy atom. The van der Waals surface area contributed by atoms with Crippen molar-refractivity contribution in [3.63, 3.8) is 0 Å². The van der Waals surface area contributed by atoms with E-state index in [1.807, 2.05) is 6.92 Å². The summed E-state index contributed by atoms with van der Waals surface area (Å²) in [6.07, 6.45) is 1.04. The first kappa shape index (κ1) is 14.5. The average Bonchev–Trinajstić information content (AvgIpc) is 2.36. The van der Waals surface area contributed by atoms with E-state index in [2.05, 4.69) is 27.3 Å². The van der Waals surface area contributed by atoms with Crippen molar-refractivity contribution in [3.8, 4) is 6.07 Å². The summed E-state index contributed by atoms with van der Waals surface area (Å²) in [5.74, 6) is -0.0469. The van der Waals surface area contributed by atoms with E-state index in [4.69, 9.17) is 5.26 Å². The van der Waals surface area contributed by atoms with Gasteiger partial charge in [0.15, 0.2) is 0 Å². The largest absolute Gasteiger partial charge is 0.324 e. The van der Waals surface area contributed by atoms with Crippen LogP contribution in [0.4, 0.5) is 11.4 Å². The van der Waals surface area contributed by atoms with Crippen molar-refractivity contribution in [2.24, 2.45) is 11.3 Å². The number of nitriles is 1. The Bertz CT molecular complexity index is 618. The van der Waals surface area contributed by atoms with E-state index in [1.165, 1.54) is 12.1 Å². The molecule has 0 bridgehead atoms. The number of rotatable bonds is 3.